The molecule has 2 nitrogen and oxygen atoms in total. The smallest absolute Gasteiger partial charge is 0.0561 e. The second-order valence-corrected chi connectivity index (χ2v) is 6.22. The maximum absolute atomic E-state index is 5.58. The fourth-order valence-corrected chi connectivity index (χ4v) is 2.85. The first-order chi connectivity index (χ1) is 8.63. The third-order valence-corrected chi connectivity index (χ3v) is 3.99. The molecule has 0 aliphatic carbocycles. The largest absolute Gasteiger partial charge is 0.378 e. The van der Waals surface area contributed by atoms with Crippen molar-refractivity contribution in [2.75, 3.05) is 6.61 Å². The third kappa shape index (κ3) is 4.38. The van der Waals surface area contributed by atoms with Crippen LogP contribution in [0.25, 0.3) is 0 Å². The molecule has 0 saturated carbocycles. The van der Waals surface area contributed by atoms with Crippen molar-refractivity contribution >= 4 is 15.9 Å². The Balaban J connectivity index is 1.81. The van der Waals surface area contributed by atoms with Crippen LogP contribution < -0.4 is 5.32 Å². The standard InChI is InChI=1S/C15H22BrNO/c1-11(9-13-3-5-14(16)6-4-13)17-15-7-8-18-12(2)10-15/h3-6,11-12,15,17H,7-10H2,1-2H3. The van der Waals surface area contributed by atoms with Gasteiger partial charge in [0.05, 0.1) is 6.10 Å². The van der Waals surface area contributed by atoms with Crippen molar-refractivity contribution in [1.29, 1.82) is 0 Å². The van der Waals surface area contributed by atoms with Crippen molar-refractivity contribution < 1.29 is 4.74 Å². The lowest BCUT2D eigenvalue weighted by Gasteiger charge is -2.30. The predicted octanol–water partition coefficient (Wildman–Crippen LogP) is 3.54. The lowest BCUT2D eigenvalue weighted by molar-refractivity contribution is 0.0116. The summed E-state index contributed by atoms with van der Waals surface area (Å²) in [5.74, 6) is 0. The Morgan fingerprint density at radius 3 is 2.78 bits per heavy atom. The van der Waals surface area contributed by atoms with E-state index in [1.165, 1.54) is 5.56 Å². The summed E-state index contributed by atoms with van der Waals surface area (Å²) in [5, 5.41) is 3.72. The summed E-state index contributed by atoms with van der Waals surface area (Å²) in [6.07, 6.45) is 3.75. The van der Waals surface area contributed by atoms with Gasteiger partial charge in [0.2, 0.25) is 0 Å². The molecule has 1 N–H and O–H groups in total. The van der Waals surface area contributed by atoms with E-state index in [2.05, 4.69) is 59.4 Å². The maximum atomic E-state index is 5.58. The van der Waals surface area contributed by atoms with Gasteiger partial charge < -0.3 is 10.1 Å². The lowest BCUT2D eigenvalue weighted by Crippen LogP contribution is -2.43. The van der Waals surface area contributed by atoms with Gasteiger partial charge >= 0.3 is 0 Å². The first-order valence-electron chi connectivity index (χ1n) is 6.75. The maximum Gasteiger partial charge on any atom is 0.0561 e. The van der Waals surface area contributed by atoms with Gasteiger partial charge in [-0.25, -0.2) is 0 Å². The van der Waals surface area contributed by atoms with E-state index in [0.717, 1.165) is 30.3 Å². The van der Waals surface area contributed by atoms with Gasteiger partial charge in [0.15, 0.2) is 0 Å². The Kier molecular flexibility index (Phi) is 5.22. The van der Waals surface area contributed by atoms with Crippen molar-refractivity contribution in [1.82, 2.24) is 5.32 Å². The monoisotopic (exact) mass is 311 g/mol. The van der Waals surface area contributed by atoms with Gasteiger partial charge in [-0.3, -0.25) is 0 Å². The molecular formula is C15H22BrNO. The number of hydrogen-bond donors (Lipinski definition) is 1. The molecular weight excluding hydrogens is 290 g/mol. The van der Waals surface area contributed by atoms with Gasteiger partial charge in [-0.05, 0) is 50.8 Å². The molecule has 0 spiro atoms. The van der Waals surface area contributed by atoms with E-state index in [1.807, 2.05) is 0 Å². The molecule has 0 amide bonds. The molecule has 1 saturated heterocycles. The van der Waals surface area contributed by atoms with E-state index in [4.69, 9.17) is 4.74 Å². The fraction of sp³-hybridized carbons (Fsp3) is 0.600. The Bertz CT molecular complexity index is 365. The molecule has 1 aliphatic heterocycles. The molecule has 1 aromatic carbocycles. The third-order valence-electron chi connectivity index (χ3n) is 3.46. The molecule has 3 heteroatoms. The molecule has 2 rings (SSSR count). The highest BCUT2D eigenvalue weighted by molar-refractivity contribution is 9.10. The first kappa shape index (κ1) is 14.0. The molecule has 1 fully saturated rings. The minimum Gasteiger partial charge on any atom is -0.378 e. The van der Waals surface area contributed by atoms with E-state index in [1.54, 1.807) is 0 Å². The van der Waals surface area contributed by atoms with Crippen LogP contribution in [-0.2, 0) is 11.2 Å². The summed E-state index contributed by atoms with van der Waals surface area (Å²) in [4.78, 5) is 0. The Morgan fingerprint density at radius 2 is 2.11 bits per heavy atom. The molecule has 0 radical (unpaired) electrons. The van der Waals surface area contributed by atoms with Crippen molar-refractivity contribution in [3.8, 4) is 0 Å². The average molecular weight is 312 g/mol. The highest BCUT2D eigenvalue weighted by Gasteiger charge is 2.20. The van der Waals surface area contributed by atoms with E-state index in [0.29, 0.717) is 18.2 Å². The van der Waals surface area contributed by atoms with Gasteiger partial charge in [-0.1, -0.05) is 28.1 Å². The molecule has 0 aromatic heterocycles. The molecule has 18 heavy (non-hydrogen) atoms. The fourth-order valence-electron chi connectivity index (χ4n) is 2.58. The summed E-state index contributed by atoms with van der Waals surface area (Å²) < 4.78 is 6.72. The zero-order valence-corrected chi connectivity index (χ0v) is 12.7. The van der Waals surface area contributed by atoms with Gasteiger partial charge in [0.25, 0.3) is 0 Å². The van der Waals surface area contributed by atoms with Crippen LogP contribution in [0, 0.1) is 0 Å². The Morgan fingerprint density at radius 1 is 1.39 bits per heavy atom. The number of ether oxygens (including phenoxy) is 1. The van der Waals surface area contributed by atoms with Crippen LogP contribution in [0.5, 0.6) is 0 Å². The zero-order chi connectivity index (χ0) is 13.0. The van der Waals surface area contributed by atoms with Crippen molar-refractivity contribution in [3.05, 3.63) is 34.3 Å². The van der Waals surface area contributed by atoms with Crippen molar-refractivity contribution in [2.45, 2.75) is 51.3 Å². The van der Waals surface area contributed by atoms with Gasteiger partial charge in [-0.15, -0.1) is 0 Å². The number of benzene rings is 1. The number of hydrogen-bond acceptors (Lipinski definition) is 2. The van der Waals surface area contributed by atoms with E-state index in [9.17, 15) is 0 Å². The molecule has 3 atom stereocenters. The van der Waals surface area contributed by atoms with Gasteiger partial charge in [-0.2, -0.15) is 0 Å². The molecule has 1 aromatic rings. The molecule has 1 heterocycles. The Labute approximate surface area is 118 Å². The highest BCUT2D eigenvalue weighted by Crippen LogP contribution is 2.15. The van der Waals surface area contributed by atoms with Crippen LogP contribution in [0.1, 0.15) is 32.3 Å². The topological polar surface area (TPSA) is 21.3 Å². The normalized spacial score (nSPS) is 25.9. The van der Waals surface area contributed by atoms with E-state index in [-0.39, 0.29) is 0 Å². The number of halogens is 1. The van der Waals surface area contributed by atoms with Crippen LogP contribution in [-0.4, -0.2) is 24.8 Å². The van der Waals surface area contributed by atoms with Crippen LogP contribution in [0.15, 0.2) is 28.7 Å². The summed E-state index contributed by atoms with van der Waals surface area (Å²) in [6, 6.07) is 9.72. The minimum absolute atomic E-state index is 0.399. The van der Waals surface area contributed by atoms with Gasteiger partial charge in [0, 0.05) is 23.2 Å². The zero-order valence-electron chi connectivity index (χ0n) is 11.2. The predicted molar refractivity (Wildman–Crippen MR) is 78.9 cm³/mol. The second kappa shape index (κ2) is 6.69. The van der Waals surface area contributed by atoms with Crippen LogP contribution in [0.3, 0.4) is 0 Å². The molecule has 1 aliphatic rings. The SMILES string of the molecule is CC(Cc1ccc(Br)cc1)NC1CCOC(C)C1. The quantitative estimate of drug-likeness (QED) is 0.918. The van der Waals surface area contributed by atoms with Crippen molar-refractivity contribution in [2.24, 2.45) is 0 Å². The highest BCUT2D eigenvalue weighted by atomic mass is 79.9. The number of rotatable bonds is 4. The van der Waals surface area contributed by atoms with Crippen LogP contribution >= 0.6 is 15.9 Å². The summed E-state index contributed by atoms with van der Waals surface area (Å²) in [5.41, 5.74) is 1.39. The summed E-state index contributed by atoms with van der Waals surface area (Å²) in [6.45, 7) is 5.32. The first-order valence-corrected chi connectivity index (χ1v) is 7.55. The lowest BCUT2D eigenvalue weighted by atomic mass is 10.0. The minimum atomic E-state index is 0.399. The second-order valence-electron chi connectivity index (χ2n) is 5.30. The number of nitrogens with one attached hydrogen (secondary N) is 1. The summed E-state index contributed by atoms with van der Waals surface area (Å²) >= 11 is 3.47. The van der Waals surface area contributed by atoms with Gasteiger partial charge in [0.1, 0.15) is 0 Å². The molecule has 3 unspecified atom stereocenters. The molecule has 100 valence electrons. The summed E-state index contributed by atoms with van der Waals surface area (Å²) in [7, 11) is 0. The van der Waals surface area contributed by atoms with Crippen molar-refractivity contribution in [3.63, 3.8) is 0 Å². The van der Waals surface area contributed by atoms with E-state index < -0.39 is 0 Å². The average Bonchev–Trinajstić information content (AvgIpc) is 2.32. The van der Waals surface area contributed by atoms with E-state index >= 15 is 0 Å². The van der Waals surface area contributed by atoms with Crippen LogP contribution in [0.4, 0.5) is 0 Å². The molecule has 0 bridgehead atoms. The Hall–Kier alpha value is -0.380. The van der Waals surface area contributed by atoms with Crippen LogP contribution in [0.2, 0.25) is 0 Å².